The normalized spacial score (nSPS) is 18.0. The molecule has 2 saturated heterocycles. The molecular formula is C26H33N3O4S. The Balaban J connectivity index is 1.40. The first-order valence-corrected chi connectivity index (χ1v) is 13.5. The van der Waals surface area contributed by atoms with E-state index in [1.807, 2.05) is 30.9 Å². The van der Waals surface area contributed by atoms with Gasteiger partial charge in [-0.15, -0.1) is 0 Å². The lowest BCUT2D eigenvalue weighted by atomic mass is 9.97. The first kappa shape index (κ1) is 24.4. The second kappa shape index (κ2) is 10.3. The van der Waals surface area contributed by atoms with Crippen LogP contribution in [0.2, 0.25) is 0 Å². The Bertz CT molecular complexity index is 1160. The average molecular weight is 484 g/mol. The van der Waals surface area contributed by atoms with Crippen molar-refractivity contribution >= 4 is 27.5 Å². The molecule has 0 radical (unpaired) electrons. The lowest BCUT2D eigenvalue weighted by molar-refractivity contribution is -0.120. The fraction of sp³-hybridized carbons (Fsp3) is 0.462. The summed E-state index contributed by atoms with van der Waals surface area (Å²) in [5, 5.41) is 2.94. The number of likely N-dealkylation sites (tertiary alicyclic amines) is 1. The van der Waals surface area contributed by atoms with Crippen LogP contribution in [0.15, 0.2) is 47.4 Å². The summed E-state index contributed by atoms with van der Waals surface area (Å²) in [6, 6.07) is 12.3. The Labute approximate surface area is 202 Å². The number of hydrogen-bond donors (Lipinski definition) is 1. The van der Waals surface area contributed by atoms with Crippen LogP contribution in [-0.2, 0) is 14.8 Å². The number of hydrogen-bond acceptors (Lipinski definition) is 4. The number of carbonyl (C=O) groups is 2. The van der Waals surface area contributed by atoms with Crippen LogP contribution in [0.1, 0.15) is 53.6 Å². The van der Waals surface area contributed by atoms with Crippen LogP contribution in [0.3, 0.4) is 0 Å². The molecule has 0 spiro atoms. The van der Waals surface area contributed by atoms with Crippen molar-refractivity contribution in [3.63, 3.8) is 0 Å². The fourth-order valence-corrected chi connectivity index (χ4v) is 6.22. The number of aryl methyl sites for hydroxylation is 2. The maximum Gasteiger partial charge on any atom is 0.255 e. The van der Waals surface area contributed by atoms with Gasteiger partial charge in [0, 0.05) is 32.1 Å². The summed E-state index contributed by atoms with van der Waals surface area (Å²) in [5.74, 6) is -0.517. The number of nitrogens with zero attached hydrogens (tertiary/aromatic N) is 2. The van der Waals surface area contributed by atoms with E-state index in [1.165, 1.54) is 4.31 Å². The van der Waals surface area contributed by atoms with Gasteiger partial charge < -0.3 is 10.2 Å². The molecule has 0 atom stereocenters. The maximum absolute atomic E-state index is 13.1. The Kier molecular flexibility index (Phi) is 7.38. The van der Waals surface area contributed by atoms with E-state index >= 15 is 0 Å². The number of benzene rings is 2. The van der Waals surface area contributed by atoms with Gasteiger partial charge in [0.05, 0.1) is 16.1 Å². The van der Waals surface area contributed by atoms with Gasteiger partial charge in [-0.2, -0.15) is 4.31 Å². The first-order chi connectivity index (χ1) is 16.3. The minimum atomic E-state index is -3.59. The van der Waals surface area contributed by atoms with E-state index in [0.717, 1.165) is 43.5 Å². The van der Waals surface area contributed by atoms with Gasteiger partial charge in [0.25, 0.3) is 5.91 Å². The lowest BCUT2D eigenvalue weighted by Crippen LogP contribution is -2.41. The number of nitrogens with one attached hydrogen (secondary N) is 1. The molecular weight excluding hydrogens is 450 g/mol. The van der Waals surface area contributed by atoms with Gasteiger partial charge in [0.2, 0.25) is 15.9 Å². The highest BCUT2D eigenvalue weighted by molar-refractivity contribution is 7.89. The molecule has 4 rings (SSSR count). The van der Waals surface area contributed by atoms with E-state index in [4.69, 9.17) is 0 Å². The summed E-state index contributed by atoms with van der Waals surface area (Å²) in [6.07, 6.45) is 4.03. The SMILES string of the molecule is Cc1ccc(S(=O)(=O)N2CCC(C(=O)Nc3ccccc3C(=O)N3CCCCC3)CC2)cc1C. The monoisotopic (exact) mass is 483 g/mol. The van der Waals surface area contributed by atoms with Gasteiger partial charge in [0.15, 0.2) is 0 Å². The highest BCUT2D eigenvalue weighted by atomic mass is 32.2. The first-order valence-electron chi connectivity index (χ1n) is 12.0. The van der Waals surface area contributed by atoms with E-state index in [-0.39, 0.29) is 17.7 Å². The largest absolute Gasteiger partial charge is 0.339 e. The summed E-state index contributed by atoms with van der Waals surface area (Å²) >= 11 is 0. The van der Waals surface area contributed by atoms with Gasteiger partial charge in [-0.3, -0.25) is 9.59 Å². The van der Waals surface area contributed by atoms with Gasteiger partial charge >= 0.3 is 0 Å². The molecule has 2 aromatic carbocycles. The molecule has 0 aromatic heterocycles. The lowest BCUT2D eigenvalue weighted by Gasteiger charge is -2.31. The van der Waals surface area contributed by atoms with Gasteiger partial charge in [-0.05, 0) is 81.3 Å². The number of sulfonamides is 1. The minimum Gasteiger partial charge on any atom is -0.339 e. The van der Waals surface area contributed by atoms with Crippen molar-refractivity contribution < 1.29 is 18.0 Å². The Morgan fingerprint density at radius 1 is 0.882 bits per heavy atom. The molecule has 0 aliphatic carbocycles. The average Bonchev–Trinajstić information content (AvgIpc) is 2.86. The predicted molar refractivity (Wildman–Crippen MR) is 132 cm³/mol. The van der Waals surface area contributed by atoms with Crippen LogP contribution < -0.4 is 5.32 Å². The summed E-state index contributed by atoms with van der Waals surface area (Å²) in [4.78, 5) is 28.2. The third-order valence-corrected chi connectivity index (χ3v) is 8.89. The van der Waals surface area contributed by atoms with Gasteiger partial charge in [-0.25, -0.2) is 8.42 Å². The molecule has 0 bridgehead atoms. The molecule has 2 fully saturated rings. The third-order valence-electron chi connectivity index (χ3n) is 7.00. The maximum atomic E-state index is 13.1. The number of piperidine rings is 2. The van der Waals surface area contributed by atoms with Crippen LogP contribution in [0.25, 0.3) is 0 Å². The zero-order valence-corrected chi connectivity index (χ0v) is 20.7. The number of carbonyl (C=O) groups excluding carboxylic acids is 2. The predicted octanol–water partition coefficient (Wildman–Crippen LogP) is 3.97. The van der Waals surface area contributed by atoms with Crippen molar-refractivity contribution in [1.82, 2.24) is 9.21 Å². The molecule has 1 N–H and O–H groups in total. The number of amides is 2. The Morgan fingerprint density at radius 2 is 1.56 bits per heavy atom. The highest BCUT2D eigenvalue weighted by Crippen LogP contribution is 2.27. The van der Waals surface area contributed by atoms with E-state index in [1.54, 1.807) is 30.3 Å². The molecule has 182 valence electrons. The molecule has 34 heavy (non-hydrogen) atoms. The third kappa shape index (κ3) is 5.18. The standard InChI is InChI=1S/C26H33N3O4S/c1-19-10-11-22(18-20(19)2)34(32,33)29-16-12-21(13-17-29)25(30)27-24-9-5-4-8-23(24)26(31)28-14-6-3-7-15-28/h4-5,8-11,18,21H,3,6-7,12-17H2,1-2H3,(H,27,30). The second-order valence-corrected chi connectivity index (χ2v) is 11.3. The van der Waals surface area contributed by atoms with E-state index < -0.39 is 10.0 Å². The molecule has 0 saturated carbocycles. The van der Waals surface area contributed by atoms with Crippen molar-refractivity contribution in [3.8, 4) is 0 Å². The van der Waals surface area contributed by atoms with E-state index in [9.17, 15) is 18.0 Å². The smallest absolute Gasteiger partial charge is 0.255 e. The van der Waals surface area contributed by atoms with Crippen molar-refractivity contribution in [2.24, 2.45) is 5.92 Å². The molecule has 0 unspecified atom stereocenters. The zero-order chi connectivity index (χ0) is 24.3. The topological polar surface area (TPSA) is 86.8 Å². The summed E-state index contributed by atoms with van der Waals surface area (Å²) in [7, 11) is -3.59. The second-order valence-electron chi connectivity index (χ2n) is 9.31. The highest BCUT2D eigenvalue weighted by Gasteiger charge is 2.33. The molecule has 8 heteroatoms. The van der Waals surface area contributed by atoms with Crippen molar-refractivity contribution in [2.45, 2.75) is 50.8 Å². The minimum absolute atomic E-state index is 0.0510. The molecule has 2 aliphatic heterocycles. The van der Waals surface area contributed by atoms with Crippen molar-refractivity contribution in [3.05, 3.63) is 59.2 Å². The molecule has 2 amide bonds. The Morgan fingerprint density at radius 3 is 2.24 bits per heavy atom. The summed E-state index contributed by atoms with van der Waals surface area (Å²) in [5.41, 5.74) is 3.02. The van der Waals surface area contributed by atoms with Crippen LogP contribution >= 0.6 is 0 Å². The van der Waals surface area contributed by atoms with Gasteiger partial charge in [0.1, 0.15) is 0 Å². The quantitative estimate of drug-likeness (QED) is 0.697. The fourth-order valence-electron chi connectivity index (χ4n) is 4.66. The number of rotatable bonds is 5. The summed E-state index contributed by atoms with van der Waals surface area (Å²) < 4.78 is 27.6. The van der Waals surface area contributed by atoms with E-state index in [2.05, 4.69) is 5.32 Å². The van der Waals surface area contributed by atoms with E-state index in [0.29, 0.717) is 42.1 Å². The number of para-hydroxylation sites is 1. The van der Waals surface area contributed by atoms with Crippen LogP contribution in [0.4, 0.5) is 5.69 Å². The number of anilines is 1. The van der Waals surface area contributed by atoms with Gasteiger partial charge in [-0.1, -0.05) is 18.2 Å². The van der Waals surface area contributed by atoms with Crippen LogP contribution in [0, 0.1) is 19.8 Å². The van der Waals surface area contributed by atoms with Crippen molar-refractivity contribution in [2.75, 3.05) is 31.5 Å². The van der Waals surface area contributed by atoms with Crippen LogP contribution in [0.5, 0.6) is 0 Å². The van der Waals surface area contributed by atoms with Crippen LogP contribution in [-0.4, -0.2) is 55.6 Å². The zero-order valence-electron chi connectivity index (χ0n) is 19.9. The molecule has 2 aromatic rings. The Hall–Kier alpha value is -2.71. The summed E-state index contributed by atoms with van der Waals surface area (Å²) in [6.45, 7) is 5.93. The van der Waals surface area contributed by atoms with Crippen molar-refractivity contribution in [1.29, 1.82) is 0 Å². The molecule has 2 aliphatic rings. The molecule has 7 nitrogen and oxygen atoms in total. The molecule has 2 heterocycles.